The third kappa shape index (κ3) is 5.03. The highest BCUT2D eigenvalue weighted by atomic mass is 16.5. The van der Waals surface area contributed by atoms with Crippen molar-refractivity contribution in [1.82, 2.24) is 5.32 Å². The van der Waals surface area contributed by atoms with Gasteiger partial charge in [0.1, 0.15) is 0 Å². The molecule has 0 aromatic carbocycles. The van der Waals surface area contributed by atoms with Crippen LogP contribution in [0.3, 0.4) is 0 Å². The Hall–Kier alpha value is -0.380. The maximum atomic E-state index is 5.61. The third-order valence-corrected chi connectivity index (χ3v) is 2.07. The molecule has 0 aromatic heterocycles. The Kier molecular flexibility index (Phi) is 5.81. The molecule has 1 saturated heterocycles. The molecular weight excluding hydrogens is 166 g/mol. The predicted molar refractivity (Wildman–Crippen MR) is 52.9 cm³/mol. The van der Waals surface area contributed by atoms with E-state index in [2.05, 4.69) is 11.9 Å². The van der Waals surface area contributed by atoms with Crippen LogP contribution in [0.1, 0.15) is 12.8 Å². The second-order valence-corrected chi connectivity index (χ2v) is 3.20. The van der Waals surface area contributed by atoms with Crippen LogP contribution in [0, 0.1) is 0 Å². The van der Waals surface area contributed by atoms with Gasteiger partial charge in [0.05, 0.1) is 25.9 Å². The minimum absolute atomic E-state index is 0.390. The molecule has 1 unspecified atom stereocenters. The monoisotopic (exact) mass is 185 g/mol. The highest BCUT2D eigenvalue weighted by Crippen LogP contribution is 2.05. The molecule has 1 aliphatic heterocycles. The van der Waals surface area contributed by atoms with Gasteiger partial charge in [-0.2, -0.15) is 0 Å². The summed E-state index contributed by atoms with van der Waals surface area (Å²) in [5.74, 6) is 0. The van der Waals surface area contributed by atoms with Crippen molar-refractivity contribution in [2.45, 2.75) is 18.9 Å². The first-order valence-electron chi connectivity index (χ1n) is 4.94. The Morgan fingerprint density at radius 3 is 3.08 bits per heavy atom. The summed E-state index contributed by atoms with van der Waals surface area (Å²) in [5, 5.41) is 3.30. The minimum Gasteiger partial charge on any atom is -0.375 e. The lowest BCUT2D eigenvalue weighted by molar-refractivity contribution is 0.000738. The first kappa shape index (κ1) is 10.7. The molecule has 0 aromatic rings. The van der Waals surface area contributed by atoms with Gasteiger partial charge in [-0.3, -0.25) is 0 Å². The molecule has 76 valence electrons. The van der Waals surface area contributed by atoms with Crippen molar-refractivity contribution in [2.24, 2.45) is 0 Å². The first-order chi connectivity index (χ1) is 6.43. The molecule has 1 atom stereocenters. The highest BCUT2D eigenvalue weighted by molar-refractivity contribution is 4.68. The van der Waals surface area contributed by atoms with Gasteiger partial charge in [-0.05, 0) is 19.4 Å². The summed E-state index contributed by atoms with van der Waals surface area (Å²) < 4.78 is 10.8. The fraction of sp³-hybridized carbons (Fsp3) is 0.800. The fourth-order valence-electron chi connectivity index (χ4n) is 1.40. The van der Waals surface area contributed by atoms with E-state index in [1.165, 1.54) is 12.8 Å². The van der Waals surface area contributed by atoms with Gasteiger partial charge < -0.3 is 14.8 Å². The van der Waals surface area contributed by atoms with E-state index in [9.17, 15) is 0 Å². The number of ether oxygens (including phenoxy) is 2. The molecule has 0 spiro atoms. The molecule has 1 aliphatic rings. The lowest BCUT2D eigenvalue weighted by atomic mass is 10.1. The van der Waals surface area contributed by atoms with Crippen LogP contribution in [0.15, 0.2) is 12.7 Å². The molecule has 0 amide bonds. The smallest absolute Gasteiger partial charge is 0.0705 e. The molecule has 3 nitrogen and oxygen atoms in total. The van der Waals surface area contributed by atoms with Crippen LogP contribution < -0.4 is 5.32 Å². The van der Waals surface area contributed by atoms with Crippen LogP contribution in [0.4, 0.5) is 0 Å². The summed E-state index contributed by atoms with van der Waals surface area (Å²) in [5.41, 5.74) is 0. The van der Waals surface area contributed by atoms with E-state index >= 15 is 0 Å². The summed E-state index contributed by atoms with van der Waals surface area (Å²) in [6.07, 6.45) is 4.54. The molecule has 0 radical (unpaired) electrons. The molecule has 0 saturated carbocycles. The topological polar surface area (TPSA) is 30.5 Å². The third-order valence-electron chi connectivity index (χ3n) is 2.07. The Bertz CT molecular complexity index is 133. The van der Waals surface area contributed by atoms with Crippen LogP contribution in [-0.4, -0.2) is 39.0 Å². The van der Waals surface area contributed by atoms with Crippen LogP contribution in [0.5, 0.6) is 0 Å². The standard InChI is InChI=1S/C10H19NO2/c1-2-6-12-7-8-13-10-4-3-5-11-9-10/h2,10-11H,1,3-9H2. The Balaban J connectivity index is 1.89. The summed E-state index contributed by atoms with van der Waals surface area (Å²) >= 11 is 0. The highest BCUT2D eigenvalue weighted by Gasteiger charge is 2.12. The van der Waals surface area contributed by atoms with Crippen LogP contribution in [0.25, 0.3) is 0 Å². The van der Waals surface area contributed by atoms with Gasteiger partial charge in [-0.15, -0.1) is 6.58 Å². The van der Waals surface area contributed by atoms with E-state index in [4.69, 9.17) is 9.47 Å². The van der Waals surface area contributed by atoms with Gasteiger partial charge in [0.15, 0.2) is 0 Å². The van der Waals surface area contributed by atoms with Crippen molar-refractivity contribution in [3.8, 4) is 0 Å². The summed E-state index contributed by atoms with van der Waals surface area (Å²) in [6.45, 7) is 7.67. The van der Waals surface area contributed by atoms with Crippen molar-refractivity contribution in [3.63, 3.8) is 0 Å². The van der Waals surface area contributed by atoms with Gasteiger partial charge in [0.2, 0.25) is 0 Å². The molecule has 1 rings (SSSR count). The lowest BCUT2D eigenvalue weighted by Crippen LogP contribution is -2.35. The predicted octanol–water partition coefficient (Wildman–Crippen LogP) is 0.958. The largest absolute Gasteiger partial charge is 0.375 e. The zero-order chi connectivity index (χ0) is 9.36. The van der Waals surface area contributed by atoms with Gasteiger partial charge in [0, 0.05) is 6.54 Å². The second kappa shape index (κ2) is 7.06. The Morgan fingerprint density at radius 1 is 1.46 bits per heavy atom. The van der Waals surface area contributed by atoms with Crippen LogP contribution in [-0.2, 0) is 9.47 Å². The fourth-order valence-corrected chi connectivity index (χ4v) is 1.40. The maximum Gasteiger partial charge on any atom is 0.0705 e. The SMILES string of the molecule is C=CCOCCOC1CCCNC1. The van der Waals surface area contributed by atoms with E-state index in [1.807, 2.05) is 0 Å². The van der Waals surface area contributed by atoms with E-state index < -0.39 is 0 Å². The minimum atomic E-state index is 0.390. The molecule has 1 heterocycles. The van der Waals surface area contributed by atoms with Crippen LogP contribution >= 0.6 is 0 Å². The molecular formula is C10H19NO2. The number of piperidine rings is 1. The Labute approximate surface area is 80.1 Å². The zero-order valence-corrected chi connectivity index (χ0v) is 8.13. The molecule has 13 heavy (non-hydrogen) atoms. The van der Waals surface area contributed by atoms with E-state index in [-0.39, 0.29) is 0 Å². The van der Waals surface area contributed by atoms with E-state index in [0.717, 1.165) is 13.1 Å². The zero-order valence-electron chi connectivity index (χ0n) is 8.13. The first-order valence-corrected chi connectivity index (χ1v) is 4.94. The Morgan fingerprint density at radius 2 is 2.38 bits per heavy atom. The van der Waals surface area contributed by atoms with Crippen molar-refractivity contribution >= 4 is 0 Å². The molecule has 0 bridgehead atoms. The quantitative estimate of drug-likeness (QED) is 0.494. The number of rotatable bonds is 6. The van der Waals surface area contributed by atoms with Gasteiger partial charge in [-0.1, -0.05) is 6.08 Å². The van der Waals surface area contributed by atoms with Crippen molar-refractivity contribution < 1.29 is 9.47 Å². The van der Waals surface area contributed by atoms with E-state index in [0.29, 0.717) is 25.9 Å². The second-order valence-electron chi connectivity index (χ2n) is 3.20. The summed E-state index contributed by atoms with van der Waals surface area (Å²) in [4.78, 5) is 0. The number of nitrogens with one attached hydrogen (secondary N) is 1. The van der Waals surface area contributed by atoms with Crippen molar-refractivity contribution in [3.05, 3.63) is 12.7 Å². The van der Waals surface area contributed by atoms with E-state index in [1.54, 1.807) is 6.08 Å². The number of hydrogen-bond donors (Lipinski definition) is 1. The van der Waals surface area contributed by atoms with Crippen molar-refractivity contribution in [2.75, 3.05) is 32.9 Å². The van der Waals surface area contributed by atoms with Crippen LogP contribution in [0.2, 0.25) is 0 Å². The normalized spacial score (nSPS) is 22.9. The average molecular weight is 185 g/mol. The van der Waals surface area contributed by atoms with Gasteiger partial charge in [-0.25, -0.2) is 0 Å². The summed E-state index contributed by atoms with van der Waals surface area (Å²) in [6, 6.07) is 0. The molecule has 0 aliphatic carbocycles. The average Bonchev–Trinajstić information content (AvgIpc) is 2.19. The van der Waals surface area contributed by atoms with Crippen molar-refractivity contribution in [1.29, 1.82) is 0 Å². The number of hydrogen-bond acceptors (Lipinski definition) is 3. The van der Waals surface area contributed by atoms with Gasteiger partial charge in [0.25, 0.3) is 0 Å². The van der Waals surface area contributed by atoms with Gasteiger partial charge >= 0.3 is 0 Å². The molecule has 3 heteroatoms. The summed E-state index contributed by atoms with van der Waals surface area (Å²) in [7, 11) is 0. The molecule has 1 N–H and O–H groups in total. The molecule has 1 fully saturated rings. The maximum absolute atomic E-state index is 5.61. The lowest BCUT2D eigenvalue weighted by Gasteiger charge is -2.22.